The summed E-state index contributed by atoms with van der Waals surface area (Å²) in [6, 6.07) is 0. The van der Waals surface area contributed by atoms with E-state index in [0.29, 0.717) is 6.42 Å². The van der Waals surface area contributed by atoms with Crippen LogP contribution in [0.25, 0.3) is 0 Å². The second kappa shape index (κ2) is 2.45. The summed E-state index contributed by atoms with van der Waals surface area (Å²) in [6.07, 6.45) is -1.09. The smallest absolute Gasteiger partial charge is 0.164 e. The fourth-order valence-electron chi connectivity index (χ4n) is 2.21. The Bertz CT molecular complexity index is 224. The molecule has 76 valence electrons. The van der Waals surface area contributed by atoms with Crippen LogP contribution in [0.1, 0.15) is 27.2 Å². The van der Waals surface area contributed by atoms with Crippen molar-refractivity contribution in [2.45, 2.75) is 56.9 Å². The second-order valence-corrected chi connectivity index (χ2v) is 4.65. The molecule has 0 radical (unpaired) electrons. The lowest BCUT2D eigenvalue weighted by Crippen LogP contribution is -2.38. The lowest BCUT2D eigenvalue weighted by Gasteiger charge is -2.25. The Hall–Kier alpha value is -0.160. The zero-order valence-electron chi connectivity index (χ0n) is 8.15. The topological polar surface area (TPSA) is 58.9 Å². The van der Waals surface area contributed by atoms with Gasteiger partial charge in [0.15, 0.2) is 5.79 Å². The molecule has 2 fully saturated rings. The Morgan fingerprint density at radius 1 is 1.23 bits per heavy atom. The van der Waals surface area contributed by atoms with Crippen LogP contribution < -0.4 is 0 Å². The van der Waals surface area contributed by atoms with Crippen LogP contribution in [-0.2, 0) is 9.47 Å². The van der Waals surface area contributed by atoms with Crippen molar-refractivity contribution in [1.82, 2.24) is 0 Å². The van der Waals surface area contributed by atoms with Crippen LogP contribution in [0, 0.1) is 0 Å². The Kier molecular flexibility index (Phi) is 1.77. The maximum atomic E-state index is 9.90. The van der Waals surface area contributed by atoms with Crippen LogP contribution in [-0.4, -0.2) is 39.9 Å². The predicted molar refractivity (Wildman–Crippen MR) is 45.1 cm³/mol. The first kappa shape index (κ1) is 9.40. The molecule has 1 saturated carbocycles. The summed E-state index contributed by atoms with van der Waals surface area (Å²) in [5.74, 6) is -0.694. The van der Waals surface area contributed by atoms with Crippen LogP contribution in [0.4, 0.5) is 0 Å². The molecular weight excluding hydrogens is 172 g/mol. The molecule has 0 bridgehead atoms. The standard InChI is InChI=1S/C9H16O4/c1-8(2)12-6-5(10)4-9(3,11)7(6)13-8/h5-7,10-11H,4H2,1-3H3/t5-,6+,7+,9-/m1/s1. The largest absolute Gasteiger partial charge is 0.390 e. The van der Waals surface area contributed by atoms with Gasteiger partial charge < -0.3 is 19.7 Å². The Morgan fingerprint density at radius 3 is 2.38 bits per heavy atom. The van der Waals surface area contributed by atoms with Crippen molar-refractivity contribution in [3.8, 4) is 0 Å². The lowest BCUT2D eigenvalue weighted by atomic mass is 10.0. The summed E-state index contributed by atoms with van der Waals surface area (Å²) in [4.78, 5) is 0. The van der Waals surface area contributed by atoms with E-state index < -0.39 is 23.6 Å². The number of rotatable bonds is 0. The van der Waals surface area contributed by atoms with E-state index in [1.54, 1.807) is 20.8 Å². The van der Waals surface area contributed by atoms with Gasteiger partial charge in [-0.15, -0.1) is 0 Å². The van der Waals surface area contributed by atoms with E-state index >= 15 is 0 Å². The molecule has 0 spiro atoms. The van der Waals surface area contributed by atoms with Crippen LogP contribution >= 0.6 is 0 Å². The average molecular weight is 188 g/mol. The Morgan fingerprint density at radius 2 is 1.85 bits per heavy atom. The highest BCUT2D eigenvalue weighted by Crippen LogP contribution is 2.43. The maximum absolute atomic E-state index is 9.90. The molecule has 0 amide bonds. The van der Waals surface area contributed by atoms with Crippen molar-refractivity contribution in [3.63, 3.8) is 0 Å². The van der Waals surface area contributed by atoms with E-state index in [1.165, 1.54) is 0 Å². The number of aliphatic hydroxyl groups excluding tert-OH is 1. The van der Waals surface area contributed by atoms with Gasteiger partial charge in [0.05, 0.1) is 11.7 Å². The third kappa shape index (κ3) is 1.38. The second-order valence-electron chi connectivity index (χ2n) is 4.65. The SMILES string of the molecule is CC1(C)O[C@H]2[C@H](O)C[C@@](C)(O)[C@H]2O1. The van der Waals surface area contributed by atoms with E-state index in [1.807, 2.05) is 0 Å². The molecule has 1 aliphatic heterocycles. The number of aliphatic hydroxyl groups is 2. The number of hydrogen-bond donors (Lipinski definition) is 2. The molecule has 1 heterocycles. The molecule has 4 nitrogen and oxygen atoms in total. The molecule has 0 aromatic heterocycles. The van der Waals surface area contributed by atoms with Crippen molar-refractivity contribution in [3.05, 3.63) is 0 Å². The minimum Gasteiger partial charge on any atom is -0.390 e. The monoisotopic (exact) mass is 188 g/mol. The van der Waals surface area contributed by atoms with Gasteiger partial charge in [0, 0.05) is 6.42 Å². The highest BCUT2D eigenvalue weighted by atomic mass is 16.8. The van der Waals surface area contributed by atoms with Crippen molar-refractivity contribution in [1.29, 1.82) is 0 Å². The quantitative estimate of drug-likeness (QED) is 0.562. The van der Waals surface area contributed by atoms with Crippen LogP contribution in [0.15, 0.2) is 0 Å². The zero-order chi connectivity index (χ0) is 9.85. The third-order valence-electron chi connectivity index (χ3n) is 2.74. The molecule has 0 aromatic rings. The van der Waals surface area contributed by atoms with Gasteiger partial charge in [-0.3, -0.25) is 0 Å². The molecule has 4 atom stereocenters. The van der Waals surface area contributed by atoms with E-state index in [0.717, 1.165) is 0 Å². The molecule has 0 aromatic carbocycles. The van der Waals surface area contributed by atoms with Crippen LogP contribution in [0.5, 0.6) is 0 Å². The summed E-state index contributed by atoms with van der Waals surface area (Å²) in [5, 5.41) is 19.5. The normalized spacial score (nSPS) is 53.8. The minimum atomic E-state index is -0.974. The van der Waals surface area contributed by atoms with E-state index in [-0.39, 0.29) is 6.10 Å². The van der Waals surface area contributed by atoms with E-state index in [4.69, 9.17) is 9.47 Å². The van der Waals surface area contributed by atoms with Gasteiger partial charge in [0.25, 0.3) is 0 Å². The van der Waals surface area contributed by atoms with E-state index in [2.05, 4.69) is 0 Å². The summed E-state index contributed by atoms with van der Waals surface area (Å²) in [7, 11) is 0. The maximum Gasteiger partial charge on any atom is 0.164 e. The van der Waals surface area contributed by atoms with Crippen molar-refractivity contribution in [2.24, 2.45) is 0 Å². The average Bonchev–Trinajstić information content (AvgIpc) is 2.32. The molecule has 13 heavy (non-hydrogen) atoms. The van der Waals surface area contributed by atoms with Gasteiger partial charge in [0.1, 0.15) is 12.2 Å². The molecule has 0 unspecified atom stereocenters. The van der Waals surface area contributed by atoms with Gasteiger partial charge in [-0.25, -0.2) is 0 Å². The fraction of sp³-hybridized carbons (Fsp3) is 1.00. The molecular formula is C9H16O4. The first-order valence-corrected chi connectivity index (χ1v) is 4.58. The van der Waals surface area contributed by atoms with Gasteiger partial charge >= 0.3 is 0 Å². The number of fused-ring (bicyclic) bond motifs is 1. The first-order chi connectivity index (χ1) is 5.82. The number of ether oxygens (including phenoxy) is 2. The third-order valence-corrected chi connectivity index (χ3v) is 2.74. The number of hydrogen-bond acceptors (Lipinski definition) is 4. The molecule has 4 heteroatoms. The zero-order valence-corrected chi connectivity index (χ0v) is 8.15. The molecule has 1 aliphatic carbocycles. The molecule has 2 aliphatic rings. The highest BCUT2D eigenvalue weighted by molar-refractivity contribution is 5.05. The lowest BCUT2D eigenvalue weighted by molar-refractivity contribution is -0.184. The Labute approximate surface area is 77.5 Å². The van der Waals surface area contributed by atoms with Crippen LogP contribution in [0.2, 0.25) is 0 Å². The van der Waals surface area contributed by atoms with Gasteiger partial charge in [0.2, 0.25) is 0 Å². The molecule has 2 N–H and O–H groups in total. The van der Waals surface area contributed by atoms with E-state index in [9.17, 15) is 10.2 Å². The summed E-state index contributed by atoms with van der Waals surface area (Å²) >= 11 is 0. The molecule has 2 rings (SSSR count). The van der Waals surface area contributed by atoms with Crippen molar-refractivity contribution >= 4 is 0 Å². The van der Waals surface area contributed by atoms with Gasteiger partial charge in [-0.05, 0) is 20.8 Å². The van der Waals surface area contributed by atoms with Gasteiger partial charge in [-0.1, -0.05) is 0 Å². The summed E-state index contributed by atoms with van der Waals surface area (Å²) in [6.45, 7) is 5.24. The Balaban J connectivity index is 2.23. The minimum absolute atomic E-state index is 0.318. The van der Waals surface area contributed by atoms with Crippen molar-refractivity contribution < 1.29 is 19.7 Å². The first-order valence-electron chi connectivity index (χ1n) is 4.58. The van der Waals surface area contributed by atoms with Gasteiger partial charge in [-0.2, -0.15) is 0 Å². The fourth-order valence-corrected chi connectivity index (χ4v) is 2.21. The highest BCUT2D eigenvalue weighted by Gasteiger charge is 2.58. The van der Waals surface area contributed by atoms with Crippen LogP contribution in [0.3, 0.4) is 0 Å². The summed E-state index contributed by atoms with van der Waals surface area (Å²) in [5.41, 5.74) is -0.974. The molecule has 1 saturated heterocycles. The predicted octanol–water partition coefficient (Wildman–Crippen LogP) is 0.0221. The summed E-state index contributed by atoms with van der Waals surface area (Å²) < 4.78 is 11.0. The van der Waals surface area contributed by atoms with Crippen molar-refractivity contribution in [2.75, 3.05) is 0 Å².